The fourth-order valence-corrected chi connectivity index (χ4v) is 5.05. The first-order chi connectivity index (χ1) is 16.8. The van der Waals surface area contributed by atoms with E-state index in [9.17, 15) is 18.3 Å². The number of piperidine rings is 1. The zero-order valence-electron chi connectivity index (χ0n) is 19.9. The van der Waals surface area contributed by atoms with Gasteiger partial charge in [0.05, 0.1) is 12.2 Å². The number of nitrogens with zero attached hydrogens (tertiary/aromatic N) is 1. The van der Waals surface area contributed by atoms with Crippen LogP contribution in [0.15, 0.2) is 84.9 Å². The monoisotopic (exact) mass is 483 g/mol. The van der Waals surface area contributed by atoms with Gasteiger partial charge in [-0.15, -0.1) is 0 Å². The minimum absolute atomic E-state index is 0.0835. The number of hydrogen-bond donors (Lipinski definition) is 1. The van der Waals surface area contributed by atoms with E-state index < -0.39 is 17.3 Å². The third-order valence-electron chi connectivity index (χ3n) is 6.87. The molecule has 0 radical (unpaired) electrons. The highest BCUT2D eigenvalue weighted by Gasteiger charge is 2.41. The summed E-state index contributed by atoms with van der Waals surface area (Å²) in [6.45, 7) is 4.88. The van der Waals surface area contributed by atoms with Gasteiger partial charge in [-0.1, -0.05) is 73.7 Å². The molecule has 3 aromatic carbocycles. The van der Waals surface area contributed by atoms with Crippen LogP contribution in [0.2, 0.25) is 0 Å². The summed E-state index contributed by atoms with van der Waals surface area (Å²) >= 11 is 0. The average Bonchev–Trinajstić information content (AvgIpc) is 2.88. The second-order valence-corrected chi connectivity index (χ2v) is 9.52. The molecule has 186 valence electrons. The maximum absolute atomic E-state index is 12.9. The minimum atomic E-state index is -4.38. The van der Waals surface area contributed by atoms with Crippen LogP contribution in [0, 0.1) is 11.8 Å². The molecular formula is C29H32F3NO2. The van der Waals surface area contributed by atoms with Gasteiger partial charge in [-0.25, -0.2) is 0 Å². The number of hydrogen-bond acceptors (Lipinski definition) is 3. The van der Waals surface area contributed by atoms with Gasteiger partial charge < -0.3 is 14.7 Å². The molecule has 0 amide bonds. The van der Waals surface area contributed by atoms with Crippen molar-refractivity contribution in [1.29, 1.82) is 0 Å². The number of alkyl halides is 3. The predicted octanol–water partition coefficient (Wildman–Crippen LogP) is 6.37. The predicted molar refractivity (Wildman–Crippen MR) is 131 cm³/mol. The molecule has 1 fully saturated rings. The normalized spacial score (nSPS) is 16.7. The van der Waals surface area contributed by atoms with Crippen molar-refractivity contribution in [3.05, 3.63) is 102 Å². The van der Waals surface area contributed by atoms with Crippen LogP contribution in [0.25, 0.3) is 0 Å². The number of aliphatic hydroxyl groups is 1. The quantitative estimate of drug-likeness (QED) is 0.404. The third kappa shape index (κ3) is 6.06. The third-order valence-corrected chi connectivity index (χ3v) is 6.87. The van der Waals surface area contributed by atoms with Crippen molar-refractivity contribution < 1.29 is 23.0 Å². The van der Waals surface area contributed by atoms with Gasteiger partial charge in [0.15, 0.2) is 0 Å². The summed E-state index contributed by atoms with van der Waals surface area (Å²) in [5.41, 5.74) is 0.0707. The van der Waals surface area contributed by atoms with E-state index in [0.717, 1.165) is 55.7 Å². The van der Waals surface area contributed by atoms with Crippen LogP contribution in [-0.2, 0) is 11.8 Å². The largest absolute Gasteiger partial charge is 0.493 e. The number of rotatable bonds is 8. The summed E-state index contributed by atoms with van der Waals surface area (Å²) in [6.07, 6.45) is -2.68. The zero-order valence-corrected chi connectivity index (χ0v) is 19.9. The van der Waals surface area contributed by atoms with E-state index in [-0.39, 0.29) is 17.6 Å². The van der Waals surface area contributed by atoms with Gasteiger partial charge in [0.1, 0.15) is 11.4 Å². The van der Waals surface area contributed by atoms with Crippen molar-refractivity contribution in [2.24, 2.45) is 11.8 Å². The van der Waals surface area contributed by atoms with Crippen molar-refractivity contribution in [3.63, 3.8) is 0 Å². The number of ether oxygens (including phenoxy) is 1. The Morgan fingerprint density at radius 3 is 1.94 bits per heavy atom. The van der Waals surface area contributed by atoms with Crippen LogP contribution in [-0.4, -0.2) is 36.2 Å². The molecule has 1 unspecified atom stereocenters. The highest BCUT2D eigenvalue weighted by atomic mass is 19.4. The highest BCUT2D eigenvalue weighted by molar-refractivity contribution is 5.37. The van der Waals surface area contributed by atoms with E-state index in [1.807, 2.05) is 67.6 Å². The molecule has 0 aliphatic carbocycles. The molecule has 4 rings (SSSR count). The van der Waals surface area contributed by atoms with Crippen LogP contribution in [0.1, 0.15) is 36.5 Å². The summed E-state index contributed by atoms with van der Waals surface area (Å²) in [7, 11) is 0. The fourth-order valence-electron chi connectivity index (χ4n) is 5.05. The van der Waals surface area contributed by atoms with Gasteiger partial charge in [0.25, 0.3) is 0 Å². The van der Waals surface area contributed by atoms with Gasteiger partial charge >= 0.3 is 6.18 Å². The molecule has 35 heavy (non-hydrogen) atoms. The lowest BCUT2D eigenvalue weighted by molar-refractivity contribution is -0.137. The average molecular weight is 484 g/mol. The Bertz CT molecular complexity index is 1020. The van der Waals surface area contributed by atoms with Crippen LogP contribution in [0.4, 0.5) is 13.2 Å². The van der Waals surface area contributed by atoms with Crippen molar-refractivity contribution >= 4 is 0 Å². The molecule has 1 saturated heterocycles. The molecule has 1 atom stereocenters. The molecule has 0 bridgehead atoms. The topological polar surface area (TPSA) is 32.7 Å². The highest BCUT2D eigenvalue weighted by Crippen LogP contribution is 2.42. The van der Waals surface area contributed by atoms with Crippen LogP contribution >= 0.6 is 0 Å². The standard InChI is InChI=1S/C29H32F3NO2/c1-22(21-35-27-14-8-13-26(19-27)29(30,31)32)20-33-17-15-25(16-18-33)28(34,23-9-4-2-5-10-23)24-11-6-3-7-12-24/h2-14,19,22,25,34H,15-18,20-21H2,1H3. The van der Waals surface area contributed by atoms with E-state index in [1.165, 1.54) is 6.07 Å². The summed E-state index contributed by atoms with van der Waals surface area (Å²) in [5, 5.41) is 12.0. The van der Waals surface area contributed by atoms with Crippen LogP contribution in [0.3, 0.4) is 0 Å². The van der Waals surface area contributed by atoms with Crippen molar-refractivity contribution in [2.45, 2.75) is 31.5 Å². The molecule has 3 nitrogen and oxygen atoms in total. The first-order valence-corrected chi connectivity index (χ1v) is 12.1. The molecule has 1 heterocycles. The molecule has 1 N–H and O–H groups in total. The van der Waals surface area contributed by atoms with E-state index in [2.05, 4.69) is 4.90 Å². The molecule has 0 aromatic heterocycles. The fraction of sp³-hybridized carbons (Fsp3) is 0.379. The second kappa shape index (κ2) is 10.8. The first-order valence-electron chi connectivity index (χ1n) is 12.1. The SMILES string of the molecule is CC(COc1cccc(C(F)(F)F)c1)CN1CCC(C(O)(c2ccccc2)c2ccccc2)CC1. The van der Waals surface area contributed by atoms with Crippen molar-refractivity contribution in [1.82, 2.24) is 4.90 Å². The van der Waals surface area contributed by atoms with Gasteiger partial charge in [-0.2, -0.15) is 13.2 Å². The van der Waals surface area contributed by atoms with Gasteiger partial charge in [0.2, 0.25) is 0 Å². The molecule has 1 aliphatic heterocycles. The maximum Gasteiger partial charge on any atom is 0.416 e. The first kappa shape index (κ1) is 25.3. The Morgan fingerprint density at radius 2 is 1.40 bits per heavy atom. The summed E-state index contributed by atoms with van der Waals surface area (Å²) < 4.78 is 44.5. The molecule has 0 spiro atoms. The van der Waals surface area contributed by atoms with Crippen LogP contribution in [0.5, 0.6) is 5.75 Å². The molecular weight excluding hydrogens is 451 g/mol. The lowest BCUT2D eigenvalue weighted by Gasteiger charge is -2.42. The van der Waals surface area contributed by atoms with E-state index in [4.69, 9.17) is 4.74 Å². The molecule has 3 aromatic rings. The Morgan fingerprint density at radius 1 is 0.857 bits per heavy atom. The summed E-state index contributed by atoms with van der Waals surface area (Å²) in [6, 6.07) is 24.8. The lowest BCUT2D eigenvalue weighted by atomic mass is 9.72. The molecule has 1 aliphatic rings. The zero-order chi connectivity index (χ0) is 24.9. The Balaban J connectivity index is 1.35. The Hall–Kier alpha value is -2.83. The van der Waals surface area contributed by atoms with Gasteiger partial charge in [-0.3, -0.25) is 0 Å². The van der Waals surface area contributed by atoms with Crippen molar-refractivity contribution in [3.8, 4) is 5.75 Å². The van der Waals surface area contributed by atoms with Gasteiger partial charge in [-0.05, 0) is 61.2 Å². The molecule has 0 saturated carbocycles. The van der Waals surface area contributed by atoms with Gasteiger partial charge in [0, 0.05) is 12.5 Å². The van der Waals surface area contributed by atoms with E-state index in [1.54, 1.807) is 6.07 Å². The lowest BCUT2D eigenvalue weighted by Crippen LogP contribution is -2.45. The summed E-state index contributed by atoms with van der Waals surface area (Å²) in [4.78, 5) is 2.35. The Kier molecular flexibility index (Phi) is 7.82. The van der Waals surface area contributed by atoms with Crippen molar-refractivity contribution in [2.75, 3.05) is 26.2 Å². The minimum Gasteiger partial charge on any atom is -0.493 e. The maximum atomic E-state index is 12.9. The number of benzene rings is 3. The summed E-state index contributed by atoms with van der Waals surface area (Å²) in [5.74, 6) is 0.476. The Labute approximate surface area is 205 Å². The number of likely N-dealkylation sites (tertiary alicyclic amines) is 1. The second-order valence-electron chi connectivity index (χ2n) is 9.52. The smallest absolute Gasteiger partial charge is 0.416 e. The molecule has 6 heteroatoms. The number of halogens is 3. The van der Waals surface area contributed by atoms with E-state index >= 15 is 0 Å². The van der Waals surface area contributed by atoms with Crippen LogP contribution < -0.4 is 4.74 Å². The van der Waals surface area contributed by atoms with E-state index in [0.29, 0.717) is 6.61 Å².